The first-order valence-corrected chi connectivity index (χ1v) is 11.3. The van der Waals surface area contributed by atoms with Crippen LogP contribution in [-0.4, -0.2) is 30.1 Å². The summed E-state index contributed by atoms with van der Waals surface area (Å²) in [6.07, 6.45) is 4.52. The molecule has 1 aromatic carbocycles. The minimum Gasteiger partial charge on any atom is -0.352 e. The smallest absolute Gasteiger partial charge is 0.223 e. The zero-order chi connectivity index (χ0) is 20.4. The quantitative estimate of drug-likeness (QED) is 0.803. The minimum atomic E-state index is -3.36. The van der Waals surface area contributed by atoms with Crippen LogP contribution in [0.25, 0.3) is 10.9 Å². The van der Waals surface area contributed by atoms with Crippen molar-refractivity contribution in [3.63, 3.8) is 0 Å². The summed E-state index contributed by atoms with van der Waals surface area (Å²) in [7, 11) is -3.36. The maximum Gasteiger partial charge on any atom is 0.223 e. The van der Waals surface area contributed by atoms with Crippen LogP contribution >= 0.6 is 0 Å². The fraction of sp³-hybridized carbons (Fsp3) is 0.524. The topological polar surface area (TPSA) is 88.2 Å². The Balaban J connectivity index is 1.53. The predicted octanol–water partition coefficient (Wildman–Crippen LogP) is 3.13. The van der Waals surface area contributed by atoms with E-state index in [1.54, 1.807) is 27.0 Å². The number of carbonyl (C=O) groups excluding carboxylic acids is 1. The summed E-state index contributed by atoms with van der Waals surface area (Å²) < 4.78 is 26.6. The highest BCUT2D eigenvalue weighted by molar-refractivity contribution is 7.90. The Morgan fingerprint density at radius 1 is 1.11 bits per heavy atom. The SMILES string of the molecule is CC(C)(C)S(=O)(=O)N[C@H]1CC[C@H](C(=O)NCc2ccnc3ccccc23)CC1. The molecule has 1 fully saturated rings. The third-order valence-corrected chi connectivity index (χ3v) is 7.67. The highest BCUT2D eigenvalue weighted by atomic mass is 32.2. The number of sulfonamides is 1. The highest BCUT2D eigenvalue weighted by Gasteiger charge is 2.34. The molecule has 1 aromatic heterocycles. The van der Waals surface area contributed by atoms with E-state index in [9.17, 15) is 13.2 Å². The van der Waals surface area contributed by atoms with Gasteiger partial charge >= 0.3 is 0 Å². The van der Waals surface area contributed by atoms with Gasteiger partial charge in [-0.15, -0.1) is 0 Å². The van der Waals surface area contributed by atoms with Gasteiger partial charge in [0.25, 0.3) is 0 Å². The Hall–Kier alpha value is -1.99. The molecule has 0 aliphatic heterocycles. The Morgan fingerprint density at radius 2 is 1.79 bits per heavy atom. The first-order valence-electron chi connectivity index (χ1n) is 9.79. The molecule has 152 valence electrons. The lowest BCUT2D eigenvalue weighted by Gasteiger charge is -2.30. The van der Waals surface area contributed by atoms with E-state index in [4.69, 9.17) is 0 Å². The largest absolute Gasteiger partial charge is 0.352 e. The highest BCUT2D eigenvalue weighted by Crippen LogP contribution is 2.26. The van der Waals surface area contributed by atoms with Crippen molar-refractivity contribution >= 4 is 26.8 Å². The first kappa shape index (κ1) is 20.7. The van der Waals surface area contributed by atoms with Crippen molar-refractivity contribution in [1.29, 1.82) is 0 Å². The van der Waals surface area contributed by atoms with Crippen molar-refractivity contribution in [2.75, 3.05) is 0 Å². The molecule has 0 atom stereocenters. The number of benzene rings is 1. The number of nitrogens with one attached hydrogen (secondary N) is 2. The molecule has 0 saturated heterocycles. The fourth-order valence-electron chi connectivity index (χ4n) is 3.51. The van der Waals surface area contributed by atoms with Gasteiger partial charge in [-0.3, -0.25) is 9.78 Å². The van der Waals surface area contributed by atoms with Crippen LogP contribution in [0, 0.1) is 5.92 Å². The monoisotopic (exact) mass is 403 g/mol. The van der Waals surface area contributed by atoms with Gasteiger partial charge in [0, 0.05) is 30.1 Å². The van der Waals surface area contributed by atoms with Crippen molar-refractivity contribution in [2.45, 2.75) is 63.8 Å². The number of aromatic nitrogens is 1. The molecule has 2 aromatic rings. The summed E-state index contributed by atoms with van der Waals surface area (Å²) >= 11 is 0. The van der Waals surface area contributed by atoms with Crippen molar-refractivity contribution in [2.24, 2.45) is 5.92 Å². The van der Waals surface area contributed by atoms with Crippen LogP contribution in [0.3, 0.4) is 0 Å². The molecule has 1 heterocycles. The zero-order valence-corrected chi connectivity index (χ0v) is 17.6. The number of pyridine rings is 1. The molecule has 2 N–H and O–H groups in total. The molecule has 1 saturated carbocycles. The van der Waals surface area contributed by atoms with Crippen molar-refractivity contribution in [1.82, 2.24) is 15.0 Å². The lowest BCUT2D eigenvalue weighted by molar-refractivity contribution is -0.126. The van der Waals surface area contributed by atoms with Gasteiger partial charge in [-0.25, -0.2) is 13.1 Å². The molecular weight excluding hydrogens is 374 g/mol. The Labute approximate surface area is 167 Å². The van der Waals surface area contributed by atoms with E-state index in [1.807, 2.05) is 30.3 Å². The number of hydrogen-bond acceptors (Lipinski definition) is 4. The number of fused-ring (bicyclic) bond motifs is 1. The van der Waals surface area contributed by atoms with Gasteiger partial charge < -0.3 is 5.32 Å². The molecule has 0 unspecified atom stereocenters. The molecule has 7 heteroatoms. The second-order valence-corrected chi connectivity index (χ2v) is 11.0. The third kappa shape index (κ3) is 4.70. The average Bonchev–Trinajstić information content (AvgIpc) is 2.65. The second-order valence-electron chi connectivity index (χ2n) is 8.49. The summed E-state index contributed by atoms with van der Waals surface area (Å²) in [6, 6.07) is 9.73. The molecule has 6 nitrogen and oxygen atoms in total. The predicted molar refractivity (Wildman–Crippen MR) is 111 cm³/mol. The van der Waals surface area contributed by atoms with E-state index >= 15 is 0 Å². The number of para-hydroxylation sites is 1. The summed E-state index contributed by atoms with van der Waals surface area (Å²) in [5.41, 5.74) is 1.96. The maximum atomic E-state index is 12.6. The second kappa shape index (κ2) is 8.17. The van der Waals surface area contributed by atoms with Crippen LogP contribution in [0.15, 0.2) is 36.5 Å². The van der Waals surface area contributed by atoms with E-state index in [0.717, 1.165) is 16.5 Å². The molecule has 28 heavy (non-hydrogen) atoms. The van der Waals surface area contributed by atoms with E-state index in [1.165, 1.54) is 0 Å². The van der Waals surface area contributed by atoms with Gasteiger partial charge in [-0.1, -0.05) is 18.2 Å². The van der Waals surface area contributed by atoms with Gasteiger partial charge in [0.05, 0.1) is 10.3 Å². The first-order chi connectivity index (χ1) is 13.2. The summed E-state index contributed by atoms with van der Waals surface area (Å²) in [6.45, 7) is 5.55. The fourth-order valence-corrected chi connectivity index (χ4v) is 4.53. The van der Waals surface area contributed by atoms with Crippen LogP contribution in [0.5, 0.6) is 0 Å². The molecule has 1 amide bonds. The van der Waals surface area contributed by atoms with E-state index in [0.29, 0.717) is 32.2 Å². The van der Waals surface area contributed by atoms with Crippen LogP contribution in [0.1, 0.15) is 52.0 Å². The Kier molecular flexibility index (Phi) is 6.05. The average molecular weight is 404 g/mol. The van der Waals surface area contributed by atoms with Gasteiger partial charge in [0.15, 0.2) is 0 Å². The van der Waals surface area contributed by atoms with Gasteiger partial charge in [0.1, 0.15) is 0 Å². The van der Waals surface area contributed by atoms with Gasteiger partial charge in [-0.2, -0.15) is 0 Å². The number of rotatable bonds is 5. The summed E-state index contributed by atoms with van der Waals surface area (Å²) in [4.78, 5) is 16.9. The lowest BCUT2D eigenvalue weighted by Crippen LogP contribution is -2.46. The zero-order valence-electron chi connectivity index (χ0n) is 16.7. The van der Waals surface area contributed by atoms with E-state index in [2.05, 4.69) is 15.0 Å². The third-order valence-electron chi connectivity index (χ3n) is 5.42. The number of nitrogens with zero attached hydrogens (tertiary/aromatic N) is 1. The molecule has 0 bridgehead atoms. The maximum absolute atomic E-state index is 12.6. The van der Waals surface area contributed by atoms with Gasteiger partial charge in [0.2, 0.25) is 15.9 Å². The molecule has 1 aliphatic rings. The molecule has 0 radical (unpaired) electrons. The van der Waals surface area contributed by atoms with E-state index < -0.39 is 14.8 Å². The molecule has 1 aliphatic carbocycles. The minimum absolute atomic E-state index is 0.0398. The van der Waals surface area contributed by atoms with Gasteiger partial charge in [-0.05, 0) is 64.2 Å². The summed E-state index contributed by atoms with van der Waals surface area (Å²) in [5.74, 6) is -0.0264. The van der Waals surface area contributed by atoms with Crippen LogP contribution < -0.4 is 10.0 Å². The standard InChI is InChI=1S/C21H29N3O3S/c1-21(2,3)28(26,27)24-17-10-8-15(9-11-17)20(25)23-14-16-12-13-22-19-7-5-4-6-18(16)19/h4-7,12-13,15,17,24H,8-11,14H2,1-3H3,(H,23,25)/t15-,17-. The van der Waals surface area contributed by atoms with Crippen LogP contribution in [-0.2, 0) is 21.4 Å². The van der Waals surface area contributed by atoms with Crippen LogP contribution in [0.2, 0.25) is 0 Å². The van der Waals surface area contributed by atoms with Crippen molar-refractivity contribution in [3.05, 3.63) is 42.1 Å². The summed E-state index contributed by atoms with van der Waals surface area (Å²) in [5, 5.41) is 4.09. The number of amides is 1. The lowest BCUT2D eigenvalue weighted by atomic mass is 9.86. The van der Waals surface area contributed by atoms with Crippen LogP contribution in [0.4, 0.5) is 0 Å². The van der Waals surface area contributed by atoms with Crippen molar-refractivity contribution < 1.29 is 13.2 Å². The number of hydrogen-bond donors (Lipinski definition) is 2. The molecular formula is C21H29N3O3S. The number of carbonyl (C=O) groups is 1. The molecule has 3 rings (SSSR count). The molecule has 0 spiro atoms. The normalized spacial score (nSPS) is 20.8. The Morgan fingerprint density at radius 3 is 2.46 bits per heavy atom. The van der Waals surface area contributed by atoms with E-state index in [-0.39, 0.29) is 17.9 Å². The van der Waals surface area contributed by atoms with Crippen molar-refractivity contribution in [3.8, 4) is 0 Å². The Bertz CT molecular complexity index is 938.